The van der Waals surface area contributed by atoms with Gasteiger partial charge in [0.15, 0.2) is 0 Å². The van der Waals surface area contributed by atoms with E-state index >= 15 is 0 Å². The van der Waals surface area contributed by atoms with Gasteiger partial charge in [-0.2, -0.15) is 0 Å². The summed E-state index contributed by atoms with van der Waals surface area (Å²) in [5, 5.41) is 0. The molecule has 0 spiro atoms. The van der Waals surface area contributed by atoms with Gasteiger partial charge in [-0.25, -0.2) is 0 Å². The van der Waals surface area contributed by atoms with E-state index in [0.29, 0.717) is 0 Å². The Morgan fingerprint density at radius 2 is 1.33 bits per heavy atom. The summed E-state index contributed by atoms with van der Waals surface area (Å²) in [5.41, 5.74) is 2.48. The van der Waals surface area contributed by atoms with Crippen molar-refractivity contribution in [1.29, 1.82) is 0 Å². The third-order valence-electron chi connectivity index (χ3n) is 4.28. The van der Waals surface area contributed by atoms with Crippen molar-refractivity contribution in [2.45, 2.75) is 40.6 Å². The number of carbonyl (C=O) groups excluding carboxylic acids is 1. The first-order valence-electron chi connectivity index (χ1n) is 8.25. The van der Waals surface area contributed by atoms with Crippen molar-refractivity contribution in [3.05, 3.63) is 59.7 Å². The fourth-order valence-corrected chi connectivity index (χ4v) is 5.88. The van der Waals surface area contributed by atoms with Gasteiger partial charge in [0.2, 0.25) is 5.91 Å². The van der Waals surface area contributed by atoms with Gasteiger partial charge < -0.3 is 4.90 Å². The van der Waals surface area contributed by atoms with Crippen LogP contribution in [-0.2, 0) is 4.79 Å². The van der Waals surface area contributed by atoms with Crippen molar-refractivity contribution in [1.82, 2.24) is 4.90 Å². The van der Waals surface area contributed by atoms with Crippen LogP contribution in [0.1, 0.15) is 24.0 Å². The number of piperidine rings is 1. The van der Waals surface area contributed by atoms with Gasteiger partial charge in [-0.1, -0.05) is 58.9 Å². The zero-order valence-corrected chi connectivity index (χ0v) is 16.0. The standard InChI is InChI=1S/C20H23NOS2/c1-15-5-9-17(10-6-15)23-20(13-4-14-21(3)19(20)22)24-18-11-7-16(2)8-12-18/h5-12H,4,13-14H2,1-3H3. The monoisotopic (exact) mass is 357 g/mol. The molecular formula is C20H23NOS2. The van der Waals surface area contributed by atoms with Crippen LogP contribution in [0.15, 0.2) is 58.3 Å². The van der Waals surface area contributed by atoms with Gasteiger partial charge in [0, 0.05) is 23.4 Å². The van der Waals surface area contributed by atoms with Crippen LogP contribution in [0, 0.1) is 13.8 Å². The van der Waals surface area contributed by atoms with Gasteiger partial charge in [0.1, 0.15) is 4.08 Å². The van der Waals surface area contributed by atoms with Gasteiger partial charge in [0.05, 0.1) is 0 Å². The van der Waals surface area contributed by atoms with Crippen LogP contribution in [-0.4, -0.2) is 28.5 Å². The normalized spacial score (nSPS) is 17.1. The van der Waals surface area contributed by atoms with Crippen LogP contribution in [0.5, 0.6) is 0 Å². The van der Waals surface area contributed by atoms with E-state index in [1.807, 2.05) is 11.9 Å². The lowest BCUT2D eigenvalue weighted by atomic mass is 10.1. The number of hydrogen-bond donors (Lipinski definition) is 0. The molecule has 4 heteroatoms. The first-order chi connectivity index (χ1) is 11.5. The average Bonchev–Trinajstić information content (AvgIpc) is 2.57. The predicted molar refractivity (Wildman–Crippen MR) is 104 cm³/mol. The highest BCUT2D eigenvalue weighted by Gasteiger charge is 2.44. The van der Waals surface area contributed by atoms with Crippen molar-refractivity contribution in [3.63, 3.8) is 0 Å². The van der Waals surface area contributed by atoms with Crippen molar-refractivity contribution in [2.24, 2.45) is 0 Å². The van der Waals surface area contributed by atoms with Crippen LogP contribution < -0.4 is 0 Å². The maximum absolute atomic E-state index is 13.1. The van der Waals surface area contributed by atoms with Crippen molar-refractivity contribution >= 4 is 29.4 Å². The molecule has 2 aromatic rings. The van der Waals surface area contributed by atoms with Gasteiger partial charge in [-0.3, -0.25) is 4.79 Å². The number of carbonyl (C=O) groups is 1. The second kappa shape index (κ2) is 7.24. The van der Waals surface area contributed by atoms with E-state index in [2.05, 4.69) is 62.4 Å². The van der Waals surface area contributed by atoms with Crippen molar-refractivity contribution < 1.29 is 4.79 Å². The largest absolute Gasteiger partial charge is 0.344 e. The van der Waals surface area contributed by atoms with Gasteiger partial charge in [-0.15, -0.1) is 0 Å². The highest BCUT2D eigenvalue weighted by atomic mass is 32.2. The fourth-order valence-electron chi connectivity index (χ4n) is 2.85. The van der Waals surface area contributed by atoms with Gasteiger partial charge in [0.25, 0.3) is 0 Å². The molecule has 0 radical (unpaired) electrons. The lowest BCUT2D eigenvalue weighted by Crippen LogP contribution is -2.47. The fraction of sp³-hybridized carbons (Fsp3) is 0.350. The SMILES string of the molecule is Cc1ccc(SC2(Sc3ccc(C)cc3)CCCN(C)C2=O)cc1. The van der Waals surface area contributed by atoms with E-state index in [1.54, 1.807) is 23.5 Å². The average molecular weight is 358 g/mol. The number of rotatable bonds is 4. The Morgan fingerprint density at radius 3 is 1.79 bits per heavy atom. The molecule has 3 rings (SSSR count). The molecule has 2 nitrogen and oxygen atoms in total. The summed E-state index contributed by atoms with van der Waals surface area (Å²) in [6.45, 7) is 5.03. The summed E-state index contributed by atoms with van der Waals surface area (Å²) in [7, 11) is 1.92. The van der Waals surface area contributed by atoms with Gasteiger partial charge in [-0.05, 0) is 51.0 Å². The second-order valence-electron chi connectivity index (χ2n) is 6.41. The Hall–Kier alpha value is -1.39. The summed E-state index contributed by atoms with van der Waals surface area (Å²) in [4.78, 5) is 17.3. The quantitative estimate of drug-likeness (QED) is 0.707. The van der Waals surface area contributed by atoms with Gasteiger partial charge >= 0.3 is 0 Å². The Kier molecular flexibility index (Phi) is 5.26. The second-order valence-corrected chi connectivity index (χ2v) is 9.42. The molecule has 0 atom stereocenters. The first kappa shape index (κ1) is 17.4. The maximum atomic E-state index is 13.1. The Morgan fingerprint density at radius 1 is 0.875 bits per heavy atom. The van der Waals surface area contributed by atoms with Crippen LogP contribution in [0.25, 0.3) is 0 Å². The number of thioether (sulfide) groups is 2. The lowest BCUT2D eigenvalue weighted by Gasteiger charge is -2.39. The number of nitrogens with zero attached hydrogens (tertiary/aromatic N) is 1. The zero-order valence-electron chi connectivity index (χ0n) is 14.4. The predicted octanol–water partition coefficient (Wildman–Crippen LogP) is 5.14. The topological polar surface area (TPSA) is 20.3 Å². The van der Waals surface area contributed by atoms with Crippen molar-refractivity contribution in [2.75, 3.05) is 13.6 Å². The molecule has 1 fully saturated rings. The van der Waals surface area contributed by atoms with E-state index in [0.717, 1.165) is 29.2 Å². The summed E-state index contributed by atoms with van der Waals surface area (Å²) in [5.74, 6) is 0.227. The molecule has 0 bridgehead atoms. The minimum atomic E-state index is -0.475. The maximum Gasteiger partial charge on any atom is 0.249 e. The summed E-state index contributed by atoms with van der Waals surface area (Å²) in [6.07, 6.45) is 1.94. The lowest BCUT2D eigenvalue weighted by molar-refractivity contribution is -0.132. The number of aryl methyl sites for hydroxylation is 2. The molecule has 1 amide bonds. The zero-order chi connectivity index (χ0) is 17.2. The molecule has 1 aliphatic heterocycles. The highest BCUT2D eigenvalue weighted by Crippen LogP contribution is 2.51. The summed E-state index contributed by atoms with van der Waals surface area (Å²) in [6, 6.07) is 17.0. The smallest absolute Gasteiger partial charge is 0.249 e. The molecule has 1 heterocycles. The first-order valence-corrected chi connectivity index (χ1v) is 9.89. The van der Waals surface area contributed by atoms with E-state index < -0.39 is 4.08 Å². The Bertz CT molecular complexity index is 662. The van der Waals surface area contributed by atoms with E-state index in [1.165, 1.54) is 11.1 Å². The van der Waals surface area contributed by atoms with Crippen LogP contribution in [0.3, 0.4) is 0 Å². The molecule has 1 aliphatic rings. The number of likely N-dealkylation sites (tertiary alicyclic amines) is 1. The van der Waals surface area contributed by atoms with Crippen molar-refractivity contribution in [3.8, 4) is 0 Å². The molecule has 24 heavy (non-hydrogen) atoms. The van der Waals surface area contributed by atoms with E-state index in [4.69, 9.17) is 0 Å². The summed E-state index contributed by atoms with van der Waals surface area (Å²) < 4.78 is -0.475. The summed E-state index contributed by atoms with van der Waals surface area (Å²) >= 11 is 3.41. The Balaban J connectivity index is 1.92. The molecule has 126 valence electrons. The highest BCUT2D eigenvalue weighted by molar-refractivity contribution is 8.19. The number of hydrogen-bond acceptors (Lipinski definition) is 3. The molecule has 0 saturated carbocycles. The van der Waals surface area contributed by atoms with E-state index in [9.17, 15) is 4.79 Å². The van der Waals surface area contributed by atoms with E-state index in [-0.39, 0.29) is 5.91 Å². The molecule has 0 N–H and O–H groups in total. The van der Waals surface area contributed by atoms with Crippen LogP contribution in [0.4, 0.5) is 0 Å². The number of benzene rings is 2. The van der Waals surface area contributed by atoms with Crippen LogP contribution >= 0.6 is 23.5 Å². The molecule has 1 saturated heterocycles. The molecule has 0 unspecified atom stereocenters. The molecule has 0 aliphatic carbocycles. The third-order valence-corrected chi connectivity index (χ3v) is 7.21. The number of amides is 1. The Labute approximate surface area is 153 Å². The minimum Gasteiger partial charge on any atom is -0.344 e. The molecule has 0 aromatic heterocycles. The molecule has 2 aromatic carbocycles. The third kappa shape index (κ3) is 3.81. The minimum absolute atomic E-state index is 0.227. The molecular weight excluding hydrogens is 334 g/mol. The van der Waals surface area contributed by atoms with Crippen LogP contribution in [0.2, 0.25) is 0 Å².